The first kappa shape index (κ1) is 10.5. The van der Waals surface area contributed by atoms with E-state index in [9.17, 15) is 13.6 Å². The maximum atomic E-state index is 12.4. The van der Waals surface area contributed by atoms with Crippen molar-refractivity contribution in [1.29, 1.82) is 0 Å². The van der Waals surface area contributed by atoms with Gasteiger partial charge >= 0.3 is 11.9 Å². The van der Waals surface area contributed by atoms with Crippen LogP contribution in [-0.4, -0.2) is 33.7 Å². The zero-order valence-corrected chi connectivity index (χ0v) is 6.91. The summed E-state index contributed by atoms with van der Waals surface area (Å²) in [5.41, 5.74) is 0. The quantitative estimate of drug-likeness (QED) is 0.699. The summed E-state index contributed by atoms with van der Waals surface area (Å²) < 4.78 is 29.2. The fourth-order valence-corrected chi connectivity index (χ4v) is 0.677. The van der Waals surface area contributed by atoms with E-state index in [0.717, 1.165) is 6.39 Å². The van der Waals surface area contributed by atoms with E-state index in [-0.39, 0.29) is 12.4 Å². The molecule has 0 spiro atoms. The van der Waals surface area contributed by atoms with Gasteiger partial charge in [-0.25, -0.2) is 4.79 Å². The first-order valence-corrected chi connectivity index (χ1v) is 3.59. The molecular formula is C6H7F2N3O3. The summed E-state index contributed by atoms with van der Waals surface area (Å²) in [4.78, 5) is 13.5. The summed E-state index contributed by atoms with van der Waals surface area (Å²) in [5, 5.41) is 13.6. The van der Waals surface area contributed by atoms with Crippen molar-refractivity contribution in [2.45, 2.75) is 12.5 Å². The molecule has 0 aliphatic rings. The Hall–Kier alpha value is -1.57. The van der Waals surface area contributed by atoms with Gasteiger partial charge in [-0.2, -0.15) is 13.8 Å². The lowest BCUT2D eigenvalue weighted by Crippen LogP contribution is -2.39. The van der Waals surface area contributed by atoms with E-state index in [0.29, 0.717) is 0 Å². The number of carboxylic acid groups (broad SMARTS) is 1. The number of aliphatic carboxylic acids is 1. The number of hydrogen-bond acceptors (Lipinski definition) is 5. The Kier molecular flexibility index (Phi) is 3.07. The maximum Gasteiger partial charge on any atom is 0.375 e. The number of carboxylic acids is 1. The lowest BCUT2D eigenvalue weighted by atomic mass is 10.3. The first-order valence-electron chi connectivity index (χ1n) is 3.59. The number of halogens is 2. The third-order valence-corrected chi connectivity index (χ3v) is 1.35. The first-order chi connectivity index (χ1) is 6.52. The van der Waals surface area contributed by atoms with Gasteiger partial charge in [0.25, 0.3) is 0 Å². The second-order valence-corrected chi connectivity index (χ2v) is 2.46. The van der Waals surface area contributed by atoms with Crippen LogP contribution in [0.25, 0.3) is 0 Å². The minimum Gasteiger partial charge on any atom is -0.477 e. The van der Waals surface area contributed by atoms with Gasteiger partial charge in [0.1, 0.15) is 0 Å². The number of nitrogens with zero attached hydrogens (tertiary/aromatic N) is 2. The molecule has 0 aromatic carbocycles. The number of carbonyl (C=O) groups is 1. The van der Waals surface area contributed by atoms with E-state index in [2.05, 4.69) is 20.0 Å². The van der Waals surface area contributed by atoms with Crippen LogP contribution in [0, 0.1) is 0 Å². The van der Waals surface area contributed by atoms with Crippen molar-refractivity contribution in [3.05, 3.63) is 12.2 Å². The lowest BCUT2D eigenvalue weighted by Gasteiger charge is -2.10. The minimum absolute atomic E-state index is 0.0701. The van der Waals surface area contributed by atoms with Crippen LogP contribution < -0.4 is 5.32 Å². The van der Waals surface area contributed by atoms with Crippen molar-refractivity contribution in [3.8, 4) is 0 Å². The monoisotopic (exact) mass is 207 g/mol. The lowest BCUT2D eigenvalue weighted by molar-refractivity contribution is -0.164. The number of aromatic nitrogens is 2. The summed E-state index contributed by atoms with van der Waals surface area (Å²) in [5.74, 6) is -5.77. The van der Waals surface area contributed by atoms with Gasteiger partial charge in [-0.1, -0.05) is 5.16 Å². The predicted molar refractivity (Wildman–Crippen MR) is 38.6 cm³/mol. The highest BCUT2D eigenvalue weighted by Crippen LogP contribution is 2.11. The van der Waals surface area contributed by atoms with Gasteiger partial charge in [-0.05, 0) is 0 Å². The van der Waals surface area contributed by atoms with Gasteiger partial charge in [0.2, 0.25) is 6.39 Å². The van der Waals surface area contributed by atoms with Crippen LogP contribution in [-0.2, 0) is 11.3 Å². The third kappa shape index (κ3) is 2.73. The van der Waals surface area contributed by atoms with E-state index in [1.165, 1.54) is 0 Å². The van der Waals surface area contributed by atoms with Gasteiger partial charge in [0.05, 0.1) is 13.1 Å². The second-order valence-electron chi connectivity index (χ2n) is 2.46. The molecule has 0 bridgehead atoms. The Bertz CT molecular complexity index is 301. The minimum atomic E-state index is -3.79. The van der Waals surface area contributed by atoms with E-state index in [1.807, 2.05) is 0 Å². The van der Waals surface area contributed by atoms with E-state index in [4.69, 9.17) is 5.11 Å². The van der Waals surface area contributed by atoms with Gasteiger partial charge in [-0.15, -0.1) is 0 Å². The Labute approximate surface area is 76.9 Å². The van der Waals surface area contributed by atoms with E-state index < -0.39 is 18.4 Å². The molecule has 1 heterocycles. The van der Waals surface area contributed by atoms with Gasteiger partial charge in [-0.3, -0.25) is 0 Å². The fraction of sp³-hybridized carbons (Fsp3) is 0.500. The Morgan fingerprint density at radius 1 is 1.71 bits per heavy atom. The SMILES string of the molecule is O=C(O)C(F)(F)CNCc1ncon1. The molecule has 0 aliphatic heterocycles. The van der Waals surface area contributed by atoms with Crippen LogP contribution in [0.15, 0.2) is 10.9 Å². The highest BCUT2D eigenvalue weighted by Gasteiger charge is 2.38. The number of rotatable bonds is 5. The zero-order chi connectivity index (χ0) is 10.6. The molecular weight excluding hydrogens is 200 g/mol. The predicted octanol–water partition coefficient (Wildman–Crippen LogP) is -0.121. The average Bonchev–Trinajstić information content (AvgIpc) is 2.56. The normalized spacial score (nSPS) is 11.6. The number of nitrogens with one attached hydrogen (secondary N) is 1. The zero-order valence-electron chi connectivity index (χ0n) is 6.91. The van der Waals surface area contributed by atoms with Crippen LogP contribution >= 0.6 is 0 Å². The summed E-state index contributed by atoms with van der Waals surface area (Å²) in [6.07, 6.45) is 1.05. The fourth-order valence-electron chi connectivity index (χ4n) is 0.677. The topological polar surface area (TPSA) is 88.2 Å². The molecule has 0 fully saturated rings. The molecule has 78 valence electrons. The molecule has 2 N–H and O–H groups in total. The summed E-state index contributed by atoms with van der Waals surface area (Å²) in [6, 6.07) is 0. The molecule has 14 heavy (non-hydrogen) atoms. The smallest absolute Gasteiger partial charge is 0.375 e. The molecule has 0 unspecified atom stereocenters. The molecule has 0 amide bonds. The summed E-state index contributed by atoms with van der Waals surface area (Å²) in [6.45, 7) is -1.05. The Morgan fingerprint density at radius 3 is 2.93 bits per heavy atom. The third-order valence-electron chi connectivity index (χ3n) is 1.35. The van der Waals surface area contributed by atoms with Crippen molar-refractivity contribution < 1.29 is 23.2 Å². The molecule has 1 aromatic rings. The molecule has 0 atom stereocenters. The van der Waals surface area contributed by atoms with Gasteiger partial charge < -0.3 is 14.9 Å². The van der Waals surface area contributed by atoms with E-state index >= 15 is 0 Å². The molecule has 0 radical (unpaired) electrons. The molecule has 1 aromatic heterocycles. The number of alkyl halides is 2. The molecule has 0 aliphatic carbocycles. The standard InChI is InChI=1S/C6H7F2N3O3/c7-6(8,5(12)13)2-9-1-4-10-3-14-11-4/h3,9H,1-2H2,(H,12,13). The van der Waals surface area contributed by atoms with Crippen LogP contribution in [0.3, 0.4) is 0 Å². The van der Waals surface area contributed by atoms with E-state index in [1.54, 1.807) is 0 Å². The van der Waals surface area contributed by atoms with Crippen LogP contribution in [0.5, 0.6) is 0 Å². The average molecular weight is 207 g/mol. The van der Waals surface area contributed by atoms with Gasteiger partial charge in [0.15, 0.2) is 5.82 Å². The molecule has 6 nitrogen and oxygen atoms in total. The van der Waals surface area contributed by atoms with Crippen LogP contribution in [0.2, 0.25) is 0 Å². The molecule has 8 heteroatoms. The summed E-state index contributed by atoms with van der Waals surface area (Å²) in [7, 11) is 0. The summed E-state index contributed by atoms with van der Waals surface area (Å²) >= 11 is 0. The Balaban J connectivity index is 2.31. The highest BCUT2D eigenvalue weighted by atomic mass is 19.3. The van der Waals surface area contributed by atoms with Gasteiger partial charge in [0, 0.05) is 0 Å². The maximum absolute atomic E-state index is 12.4. The largest absolute Gasteiger partial charge is 0.477 e. The Morgan fingerprint density at radius 2 is 2.43 bits per heavy atom. The van der Waals surface area contributed by atoms with Crippen LogP contribution in [0.4, 0.5) is 8.78 Å². The van der Waals surface area contributed by atoms with Crippen molar-refractivity contribution in [3.63, 3.8) is 0 Å². The van der Waals surface area contributed by atoms with Crippen LogP contribution in [0.1, 0.15) is 5.82 Å². The molecule has 0 saturated heterocycles. The molecule has 1 rings (SSSR count). The van der Waals surface area contributed by atoms with Crippen molar-refractivity contribution in [2.24, 2.45) is 0 Å². The van der Waals surface area contributed by atoms with Crippen molar-refractivity contribution >= 4 is 5.97 Å². The van der Waals surface area contributed by atoms with Crippen molar-refractivity contribution in [1.82, 2.24) is 15.5 Å². The highest BCUT2D eigenvalue weighted by molar-refractivity contribution is 5.75. The van der Waals surface area contributed by atoms with Crippen molar-refractivity contribution in [2.75, 3.05) is 6.54 Å². The molecule has 0 saturated carbocycles. The second kappa shape index (κ2) is 4.09. The number of hydrogen-bond donors (Lipinski definition) is 2.